The molecule has 1 aromatic carbocycles. The third-order valence-corrected chi connectivity index (χ3v) is 4.18. The van der Waals surface area contributed by atoms with E-state index in [0.717, 1.165) is 25.3 Å². The minimum Gasteiger partial charge on any atom is -0.385 e. The van der Waals surface area contributed by atoms with Gasteiger partial charge in [0.2, 0.25) is 0 Å². The zero-order chi connectivity index (χ0) is 11.3. The van der Waals surface area contributed by atoms with Crippen LogP contribution in [0.3, 0.4) is 0 Å². The first-order valence-electron chi connectivity index (χ1n) is 5.77. The first-order valence-corrected chi connectivity index (χ1v) is 5.77. The van der Waals surface area contributed by atoms with Gasteiger partial charge in [-0.3, -0.25) is 0 Å². The molecule has 0 aliphatic heterocycles. The highest BCUT2D eigenvalue weighted by molar-refractivity contribution is 5.27. The molecule has 16 heavy (non-hydrogen) atoms. The van der Waals surface area contributed by atoms with Crippen molar-refractivity contribution in [2.75, 3.05) is 0 Å². The van der Waals surface area contributed by atoms with Crippen molar-refractivity contribution in [3.63, 3.8) is 0 Å². The topological polar surface area (TPSA) is 20.2 Å². The minimum atomic E-state index is -0.994. The van der Waals surface area contributed by atoms with Gasteiger partial charge in [0.1, 0.15) is 11.6 Å². The van der Waals surface area contributed by atoms with E-state index in [2.05, 4.69) is 0 Å². The Morgan fingerprint density at radius 2 is 1.81 bits per heavy atom. The Morgan fingerprint density at radius 3 is 2.31 bits per heavy atom. The molecule has 0 amide bonds. The number of rotatable bonds is 1. The number of halogens is 2. The number of aliphatic hydroxyl groups is 1. The van der Waals surface area contributed by atoms with Crippen LogP contribution in [0.2, 0.25) is 0 Å². The van der Waals surface area contributed by atoms with Crippen LogP contribution in [0.5, 0.6) is 0 Å². The fraction of sp³-hybridized carbons (Fsp3) is 0.538. The maximum absolute atomic E-state index is 13.1. The summed E-state index contributed by atoms with van der Waals surface area (Å²) in [6.07, 6.45) is 3.76. The molecule has 2 bridgehead atoms. The molecule has 1 nitrogen and oxygen atoms in total. The average Bonchev–Trinajstić information content (AvgIpc) is 2.76. The van der Waals surface area contributed by atoms with Gasteiger partial charge < -0.3 is 5.11 Å². The van der Waals surface area contributed by atoms with Crippen LogP contribution in [0.1, 0.15) is 31.2 Å². The Balaban J connectivity index is 2.03. The molecule has 3 rings (SSSR count). The summed E-state index contributed by atoms with van der Waals surface area (Å²) in [6.45, 7) is 0. The maximum atomic E-state index is 13.1. The summed E-state index contributed by atoms with van der Waals surface area (Å²) in [6, 6.07) is 3.38. The first kappa shape index (κ1) is 10.2. The van der Waals surface area contributed by atoms with Crippen molar-refractivity contribution in [2.45, 2.75) is 31.3 Å². The largest absolute Gasteiger partial charge is 0.385 e. The van der Waals surface area contributed by atoms with Gasteiger partial charge in [0, 0.05) is 6.07 Å². The second-order valence-electron chi connectivity index (χ2n) is 5.16. The molecule has 2 fully saturated rings. The predicted octanol–water partition coefficient (Wildman–Crippen LogP) is 2.97. The van der Waals surface area contributed by atoms with Crippen LogP contribution in [0, 0.1) is 23.5 Å². The molecule has 2 aliphatic rings. The van der Waals surface area contributed by atoms with Crippen molar-refractivity contribution in [3.8, 4) is 0 Å². The van der Waals surface area contributed by atoms with E-state index >= 15 is 0 Å². The van der Waals surface area contributed by atoms with Crippen LogP contribution in [0.25, 0.3) is 0 Å². The molecular formula is C13H14F2O. The molecule has 1 N–H and O–H groups in total. The lowest BCUT2D eigenvalue weighted by Gasteiger charge is -2.33. The number of hydrogen-bond donors (Lipinski definition) is 1. The molecule has 0 saturated heterocycles. The van der Waals surface area contributed by atoms with E-state index in [0.29, 0.717) is 17.9 Å². The Labute approximate surface area is 93.1 Å². The molecular weight excluding hydrogens is 210 g/mol. The summed E-state index contributed by atoms with van der Waals surface area (Å²) in [5, 5.41) is 10.6. The fourth-order valence-electron chi connectivity index (χ4n) is 3.46. The zero-order valence-electron chi connectivity index (χ0n) is 8.92. The highest BCUT2D eigenvalue weighted by Gasteiger charge is 2.51. The van der Waals surface area contributed by atoms with Gasteiger partial charge in [-0.1, -0.05) is 0 Å². The predicted molar refractivity (Wildman–Crippen MR) is 55.7 cm³/mol. The van der Waals surface area contributed by atoms with Crippen LogP contribution in [-0.2, 0) is 5.60 Å². The van der Waals surface area contributed by atoms with E-state index in [9.17, 15) is 13.9 Å². The lowest BCUT2D eigenvalue weighted by molar-refractivity contribution is -0.0187. The number of fused-ring (bicyclic) bond motifs is 2. The van der Waals surface area contributed by atoms with Crippen LogP contribution in [0.15, 0.2) is 18.2 Å². The van der Waals surface area contributed by atoms with Gasteiger partial charge in [-0.05, 0) is 55.2 Å². The number of hydrogen-bond acceptors (Lipinski definition) is 1. The summed E-state index contributed by atoms with van der Waals surface area (Å²) < 4.78 is 26.3. The molecule has 0 spiro atoms. The van der Waals surface area contributed by atoms with E-state index in [-0.39, 0.29) is 5.92 Å². The second kappa shape index (κ2) is 3.27. The highest BCUT2D eigenvalue weighted by atomic mass is 19.1. The molecule has 3 unspecified atom stereocenters. The van der Waals surface area contributed by atoms with Crippen LogP contribution >= 0.6 is 0 Å². The van der Waals surface area contributed by atoms with Gasteiger partial charge in [0.15, 0.2) is 0 Å². The van der Waals surface area contributed by atoms with Crippen molar-refractivity contribution < 1.29 is 13.9 Å². The summed E-state index contributed by atoms with van der Waals surface area (Å²) in [7, 11) is 0. The standard InChI is InChI=1S/C13H14F2O/c14-11-4-10(5-12(15)6-11)13(16)7-8-1-2-9(13)3-8/h4-6,8-9,16H,1-3,7H2. The molecule has 0 radical (unpaired) electrons. The first-order chi connectivity index (χ1) is 7.58. The normalized spacial score (nSPS) is 36.9. The lowest BCUT2D eigenvalue weighted by Crippen LogP contribution is -2.32. The van der Waals surface area contributed by atoms with E-state index < -0.39 is 17.2 Å². The van der Waals surface area contributed by atoms with Crippen molar-refractivity contribution in [1.82, 2.24) is 0 Å². The van der Waals surface area contributed by atoms with Crippen LogP contribution in [-0.4, -0.2) is 5.11 Å². The van der Waals surface area contributed by atoms with Crippen molar-refractivity contribution in [1.29, 1.82) is 0 Å². The molecule has 0 aromatic heterocycles. The summed E-state index contributed by atoms with van der Waals surface area (Å²) in [4.78, 5) is 0. The summed E-state index contributed by atoms with van der Waals surface area (Å²) in [5.41, 5.74) is -0.580. The van der Waals surface area contributed by atoms with Crippen molar-refractivity contribution >= 4 is 0 Å². The van der Waals surface area contributed by atoms with Gasteiger partial charge in [-0.15, -0.1) is 0 Å². The Kier molecular flexibility index (Phi) is 2.08. The minimum absolute atomic E-state index is 0.179. The average molecular weight is 224 g/mol. The Bertz CT molecular complexity index is 412. The monoisotopic (exact) mass is 224 g/mol. The van der Waals surface area contributed by atoms with Gasteiger partial charge in [0.05, 0.1) is 5.60 Å². The molecule has 2 aliphatic carbocycles. The van der Waals surface area contributed by atoms with E-state index in [1.165, 1.54) is 12.1 Å². The van der Waals surface area contributed by atoms with E-state index in [1.54, 1.807) is 0 Å². The fourth-order valence-corrected chi connectivity index (χ4v) is 3.46. The molecule has 3 heteroatoms. The third-order valence-electron chi connectivity index (χ3n) is 4.18. The third kappa shape index (κ3) is 1.38. The molecule has 0 heterocycles. The Hall–Kier alpha value is -0.960. The van der Waals surface area contributed by atoms with E-state index in [1.807, 2.05) is 0 Å². The SMILES string of the molecule is OC1(c2cc(F)cc(F)c2)CC2CCC1C2. The van der Waals surface area contributed by atoms with Crippen molar-refractivity contribution in [2.24, 2.45) is 11.8 Å². The maximum Gasteiger partial charge on any atom is 0.126 e. The summed E-state index contributed by atoms with van der Waals surface area (Å²) >= 11 is 0. The molecule has 2 saturated carbocycles. The quantitative estimate of drug-likeness (QED) is 0.777. The van der Waals surface area contributed by atoms with Gasteiger partial charge in [-0.2, -0.15) is 0 Å². The van der Waals surface area contributed by atoms with Crippen LogP contribution < -0.4 is 0 Å². The van der Waals surface area contributed by atoms with Gasteiger partial charge in [-0.25, -0.2) is 8.78 Å². The molecule has 3 atom stereocenters. The van der Waals surface area contributed by atoms with Gasteiger partial charge in [0.25, 0.3) is 0 Å². The lowest BCUT2D eigenvalue weighted by atomic mass is 9.79. The Morgan fingerprint density at radius 1 is 1.12 bits per heavy atom. The second-order valence-corrected chi connectivity index (χ2v) is 5.16. The molecule has 1 aromatic rings. The van der Waals surface area contributed by atoms with Crippen LogP contribution in [0.4, 0.5) is 8.78 Å². The van der Waals surface area contributed by atoms with Crippen molar-refractivity contribution in [3.05, 3.63) is 35.4 Å². The smallest absolute Gasteiger partial charge is 0.126 e. The van der Waals surface area contributed by atoms with E-state index in [4.69, 9.17) is 0 Å². The molecule has 86 valence electrons. The summed E-state index contributed by atoms with van der Waals surface area (Å²) in [5.74, 6) is -0.502. The number of benzene rings is 1. The highest BCUT2D eigenvalue weighted by Crippen LogP contribution is 2.55. The zero-order valence-corrected chi connectivity index (χ0v) is 8.92. The van der Waals surface area contributed by atoms with Gasteiger partial charge >= 0.3 is 0 Å².